The van der Waals surface area contributed by atoms with Gasteiger partial charge in [-0.1, -0.05) is 54.6 Å². The minimum atomic E-state index is -0.932. The molecule has 0 spiro atoms. The van der Waals surface area contributed by atoms with E-state index in [9.17, 15) is 9.90 Å². The molecule has 0 aliphatic carbocycles. The van der Waals surface area contributed by atoms with Gasteiger partial charge in [-0.3, -0.25) is 0 Å². The van der Waals surface area contributed by atoms with Crippen LogP contribution in [0.1, 0.15) is 28.7 Å². The number of benzene rings is 2. The Morgan fingerprint density at radius 3 is 2.59 bits per heavy atom. The molecule has 27 heavy (non-hydrogen) atoms. The van der Waals surface area contributed by atoms with E-state index in [1.807, 2.05) is 60.2 Å². The highest BCUT2D eigenvalue weighted by atomic mass is 16.5. The third-order valence-corrected chi connectivity index (χ3v) is 4.20. The largest absolute Gasteiger partial charge is 0.478 e. The molecule has 6 heteroatoms. The van der Waals surface area contributed by atoms with Gasteiger partial charge in [0.15, 0.2) is 0 Å². The zero-order chi connectivity index (χ0) is 19.2. The highest BCUT2D eigenvalue weighted by Gasteiger charge is 2.12. The van der Waals surface area contributed by atoms with Crippen LogP contribution < -0.4 is 4.74 Å². The van der Waals surface area contributed by atoms with Gasteiger partial charge >= 0.3 is 12.0 Å². The second kappa shape index (κ2) is 8.31. The van der Waals surface area contributed by atoms with Gasteiger partial charge in [0.05, 0.1) is 19.2 Å². The SMILES string of the molecule is C/C=C/Cc1nc(OC)nn1Cc1ccc(-c2ccccc2C(=O)O)cc1. The van der Waals surface area contributed by atoms with Gasteiger partial charge in [0.1, 0.15) is 5.82 Å². The van der Waals surface area contributed by atoms with Crippen LogP contribution in [0.25, 0.3) is 11.1 Å². The smallest absolute Gasteiger partial charge is 0.336 e. The van der Waals surface area contributed by atoms with E-state index in [2.05, 4.69) is 10.1 Å². The minimum absolute atomic E-state index is 0.292. The number of nitrogens with zero attached hydrogens (tertiary/aromatic N) is 3. The Kier molecular flexibility index (Phi) is 5.66. The van der Waals surface area contributed by atoms with Crippen LogP contribution >= 0.6 is 0 Å². The van der Waals surface area contributed by atoms with Gasteiger partial charge in [0.25, 0.3) is 0 Å². The topological polar surface area (TPSA) is 77.2 Å². The molecule has 0 aliphatic heterocycles. The van der Waals surface area contributed by atoms with Gasteiger partial charge in [0.2, 0.25) is 0 Å². The van der Waals surface area contributed by atoms with Crippen LogP contribution in [0.15, 0.2) is 60.7 Å². The summed E-state index contributed by atoms with van der Waals surface area (Å²) in [7, 11) is 1.55. The molecule has 1 aromatic heterocycles. The lowest BCUT2D eigenvalue weighted by Crippen LogP contribution is -2.06. The highest BCUT2D eigenvalue weighted by Crippen LogP contribution is 2.24. The molecule has 0 amide bonds. The maximum Gasteiger partial charge on any atom is 0.336 e. The van der Waals surface area contributed by atoms with Gasteiger partial charge in [0, 0.05) is 6.42 Å². The number of methoxy groups -OCH3 is 1. The van der Waals surface area contributed by atoms with E-state index in [-0.39, 0.29) is 0 Å². The molecule has 0 unspecified atom stereocenters. The predicted octanol–water partition coefficient (Wildman–Crippen LogP) is 3.82. The first-order valence-corrected chi connectivity index (χ1v) is 8.63. The van der Waals surface area contributed by atoms with E-state index in [1.54, 1.807) is 19.2 Å². The average molecular weight is 363 g/mol. The van der Waals surface area contributed by atoms with E-state index in [0.717, 1.165) is 17.0 Å². The van der Waals surface area contributed by atoms with E-state index in [0.29, 0.717) is 30.1 Å². The Balaban J connectivity index is 1.85. The maximum atomic E-state index is 11.4. The molecule has 138 valence electrons. The molecule has 6 nitrogen and oxygen atoms in total. The Morgan fingerprint density at radius 1 is 1.19 bits per heavy atom. The van der Waals surface area contributed by atoms with Gasteiger partial charge in [-0.05, 0) is 29.7 Å². The molecule has 0 saturated heterocycles. The van der Waals surface area contributed by atoms with Gasteiger partial charge in [-0.15, -0.1) is 5.10 Å². The zero-order valence-corrected chi connectivity index (χ0v) is 15.3. The fraction of sp³-hybridized carbons (Fsp3) is 0.190. The van der Waals surface area contributed by atoms with E-state index in [1.165, 1.54) is 0 Å². The fourth-order valence-corrected chi connectivity index (χ4v) is 2.82. The van der Waals surface area contributed by atoms with Crippen molar-refractivity contribution in [3.8, 4) is 17.1 Å². The molecule has 0 aliphatic rings. The Labute approximate surface area is 157 Å². The van der Waals surface area contributed by atoms with Crippen LogP contribution in [0.3, 0.4) is 0 Å². The summed E-state index contributed by atoms with van der Waals surface area (Å²) in [6.07, 6.45) is 4.67. The van der Waals surface area contributed by atoms with Crippen LogP contribution in [0.4, 0.5) is 0 Å². The van der Waals surface area contributed by atoms with Crippen LogP contribution in [0, 0.1) is 0 Å². The fourth-order valence-electron chi connectivity index (χ4n) is 2.82. The summed E-state index contributed by atoms with van der Waals surface area (Å²) in [6.45, 7) is 2.52. The number of allylic oxidation sites excluding steroid dienone is 2. The van der Waals surface area contributed by atoms with E-state index < -0.39 is 5.97 Å². The summed E-state index contributed by atoms with van der Waals surface area (Å²) in [5.74, 6) is -0.108. The van der Waals surface area contributed by atoms with Crippen molar-refractivity contribution in [1.29, 1.82) is 0 Å². The van der Waals surface area contributed by atoms with Crippen molar-refractivity contribution in [1.82, 2.24) is 14.8 Å². The van der Waals surface area contributed by atoms with E-state index in [4.69, 9.17) is 4.74 Å². The zero-order valence-electron chi connectivity index (χ0n) is 15.3. The lowest BCUT2D eigenvalue weighted by atomic mass is 9.99. The summed E-state index contributed by atoms with van der Waals surface area (Å²) >= 11 is 0. The molecule has 0 saturated carbocycles. The van der Waals surface area contributed by atoms with Crippen molar-refractivity contribution in [3.05, 3.63) is 77.6 Å². The van der Waals surface area contributed by atoms with Gasteiger partial charge < -0.3 is 9.84 Å². The number of hydrogen-bond donors (Lipinski definition) is 1. The molecule has 0 atom stereocenters. The normalized spacial score (nSPS) is 11.0. The summed E-state index contributed by atoms with van der Waals surface area (Å²) in [4.78, 5) is 15.8. The third kappa shape index (κ3) is 4.23. The number of carbonyl (C=O) groups is 1. The number of hydrogen-bond acceptors (Lipinski definition) is 4. The van der Waals surface area contributed by atoms with Crippen molar-refractivity contribution in [2.45, 2.75) is 19.9 Å². The van der Waals surface area contributed by atoms with Crippen LogP contribution in [-0.4, -0.2) is 33.0 Å². The van der Waals surface area contributed by atoms with Gasteiger partial charge in [-0.25, -0.2) is 9.48 Å². The van der Waals surface area contributed by atoms with Crippen molar-refractivity contribution in [3.63, 3.8) is 0 Å². The first kappa shape index (κ1) is 18.4. The Morgan fingerprint density at radius 2 is 1.93 bits per heavy atom. The maximum absolute atomic E-state index is 11.4. The quantitative estimate of drug-likeness (QED) is 0.646. The summed E-state index contributed by atoms with van der Waals surface area (Å²) in [5, 5.41) is 13.7. The molecular weight excluding hydrogens is 342 g/mol. The molecule has 0 fully saturated rings. The Hall–Kier alpha value is -3.41. The number of rotatable bonds is 7. The highest BCUT2D eigenvalue weighted by molar-refractivity contribution is 5.95. The first-order chi connectivity index (χ1) is 13.1. The average Bonchev–Trinajstić information content (AvgIpc) is 3.08. The lowest BCUT2D eigenvalue weighted by molar-refractivity contribution is 0.0697. The lowest BCUT2D eigenvalue weighted by Gasteiger charge is -2.08. The number of ether oxygens (including phenoxy) is 1. The van der Waals surface area contributed by atoms with Crippen molar-refractivity contribution >= 4 is 5.97 Å². The molecule has 3 aromatic rings. The summed E-state index contributed by atoms with van der Waals surface area (Å²) in [6, 6.07) is 15.1. The van der Waals surface area contributed by atoms with Crippen molar-refractivity contribution in [2.24, 2.45) is 0 Å². The predicted molar refractivity (Wildman–Crippen MR) is 103 cm³/mol. The number of carboxylic acid groups (broad SMARTS) is 1. The molecule has 0 bridgehead atoms. The molecule has 1 N–H and O–H groups in total. The van der Waals surface area contributed by atoms with Crippen molar-refractivity contribution < 1.29 is 14.6 Å². The van der Waals surface area contributed by atoms with Crippen LogP contribution in [0.2, 0.25) is 0 Å². The van der Waals surface area contributed by atoms with Crippen LogP contribution in [-0.2, 0) is 13.0 Å². The van der Waals surface area contributed by atoms with Gasteiger partial charge in [-0.2, -0.15) is 4.98 Å². The minimum Gasteiger partial charge on any atom is -0.478 e. The van der Waals surface area contributed by atoms with Crippen molar-refractivity contribution in [2.75, 3.05) is 7.11 Å². The molecular formula is C21H21N3O3. The molecule has 1 heterocycles. The summed E-state index contributed by atoms with van der Waals surface area (Å²) in [5.41, 5.74) is 2.90. The number of aromatic nitrogens is 3. The summed E-state index contributed by atoms with van der Waals surface area (Å²) < 4.78 is 6.96. The number of aromatic carboxylic acids is 1. The van der Waals surface area contributed by atoms with E-state index >= 15 is 0 Å². The second-order valence-corrected chi connectivity index (χ2v) is 5.99. The number of carboxylic acids is 1. The second-order valence-electron chi connectivity index (χ2n) is 5.99. The Bertz CT molecular complexity index is 959. The molecule has 2 aromatic carbocycles. The third-order valence-electron chi connectivity index (χ3n) is 4.20. The molecule has 0 radical (unpaired) electrons. The monoisotopic (exact) mass is 363 g/mol. The molecule has 3 rings (SSSR count). The standard InChI is InChI=1S/C21H21N3O3/c1-3-4-9-19-22-21(27-2)23-24(19)14-15-10-12-16(13-11-15)17-7-5-6-8-18(17)20(25)26/h3-8,10-13H,9,14H2,1-2H3,(H,25,26)/b4-3+. The van der Waals surface area contributed by atoms with Crippen LogP contribution in [0.5, 0.6) is 6.01 Å². The first-order valence-electron chi connectivity index (χ1n) is 8.63.